The topological polar surface area (TPSA) is 3.24 Å². The van der Waals surface area contributed by atoms with Crippen molar-refractivity contribution in [2.75, 3.05) is 6.54 Å². The van der Waals surface area contributed by atoms with Crippen molar-refractivity contribution in [2.45, 2.75) is 39.3 Å². The van der Waals surface area contributed by atoms with Gasteiger partial charge >= 0.3 is 0 Å². The van der Waals surface area contributed by atoms with E-state index < -0.39 is 0 Å². The Kier molecular flexibility index (Phi) is 4.21. The fraction of sp³-hybridized carbons (Fsp3) is 0.571. The number of hydrogen-bond acceptors (Lipinski definition) is 1. The van der Waals surface area contributed by atoms with Crippen LogP contribution in [0.2, 0.25) is 0 Å². The Balaban J connectivity index is 2.08. The van der Waals surface area contributed by atoms with Gasteiger partial charge in [0, 0.05) is 29.2 Å². The van der Waals surface area contributed by atoms with Crippen molar-refractivity contribution in [3.8, 4) is 0 Å². The van der Waals surface area contributed by atoms with E-state index >= 15 is 0 Å². The maximum atomic E-state index is 13.8. The molecule has 94 valence electrons. The smallest absolute Gasteiger partial charge is 0.128 e. The van der Waals surface area contributed by atoms with Gasteiger partial charge in [-0.3, -0.25) is 4.90 Å². The number of hydrogen-bond donors (Lipinski definition) is 0. The van der Waals surface area contributed by atoms with E-state index in [4.69, 9.17) is 0 Å². The summed E-state index contributed by atoms with van der Waals surface area (Å²) in [6, 6.07) is 5.91. The number of likely N-dealkylation sites (tertiary alicyclic amines) is 1. The molecule has 1 aromatic rings. The average molecular weight is 300 g/mol. The van der Waals surface area contributed by atoms with Crippen LogP contribution in [0.5, 0.6) is 0 Å². The largest absolute Gasteiger partial charge is 0.296 e. The van der Waals surface area contributed by atoms with Crippen molar-refractivity contribution in [3.63, 3.8) is 0 Å². The molecule has 0 N–H and O–H groups in total. The first kappa shape index (κ1) is 13.0. The van der Waals surface area contributed by atoms with Gasteiger partial charge in [-0.05, 0) is 37.8 Å². The molecule has 0 saturated carbocycles. The van der Waals surface area contributed by atoms with E-state index in [-0.39, 0.29) is 5.82 Å². The van der Waals surface area contributed by atoms with Crippen LogP contribution in [0.4, 0.5) is 4.39 Å². The van der Waals surface area contributed by atoms with Gasteiger partial charge in [0.25, 0.3) is 0 Å². The van der Waals surface area contributed by atoms with E-state index in [1.54, 1.807) is 6.07 Å². The van der Waals surface area contributed by atoms with Gasteiger partial charge < -0.3 is 0 Å². The van der Waals surface area contributed by atoms with Crippen LogP contribution in [0.3, 0.4) is 0 Å². The Morgan fingerprint density at radius 1 is 1.35 bits per heavy atom. The Morgan fingerprint density at radius 3 is 2.82 bits per heavy atom. The van der Waals surface area contributed by atoms with Gasteiger partial charge in [0.1, 0.15) is 5.82 Å². The third kappa shape index (κ3) is 3.29. The third-order valence-electron chi connectivity index (χ3n) is 3.64. The second kappa shape index (κ2) is 5.49. The predicted octanol–water partition coefficient (Wildman–Crippen LogP) is 4.21. The van der Waals surface area contributed by atoms with E-state index in [1.807, 2.05) is 12.1 Å². The molecule has 0 radical (unpaired) electrons. The van der Waals surface area contributed by atoms with E-state index in [1.165, 1.54) is 12.8 Å². The van der Waals surface area contributed by atoms with Gasteiger partial charge in [-0.2, -0.15) is 0 Å². The lowest BCUT2D eigenvalue weighted by Crippen LogP contribution is -2.40. The zero-order valence-corrected chi connectivity index (χ0v) is 12.0. The first-order chi connectivity index (χ1) is 8.06. The monoisotopic (exact) mass is 299 g/mol. The van der Waals surface area contributed by atoms with E-state index in [0.717, 1.165) is 29.0 Å². The lowest BCUT2D eigenvalue weighted by Gasteiger charge is -2.36. The first-order valence-corrected chi connectivity index (χ1v) is 7.03. The minimum absolute atomic E-state index is 0.107. The van der Waals surface area contributed by atoms with Crippen molar-refractivity contribution < 1.29 is 4.39 Å². The molecule has 1 aliphatic heterocycles. The molecule has 1 saturated heterocycles. The predicted molar refractivity (Wildman–Crippen MR) is 72.4 cm³/mol. The average Bonchev–Trinajstić information content (AvgIpc) is 2.27. The quantitative estimate of drug-likeness (QED) is 0.791. The van der Waals surface area contributed by atoms with Gasteiger partial charge in [0.2, 0.25) is 0 Å². The third-order valence-corrected chi connectivity index (χ3v) is 4.13. The summed E-state index contributed by atoms with van der Waals surface area (Å²) < 4.78 is 14.6. The highest BCUT2D eigenvalue weighted by Crippen LogP contribution is 2.24. The zero-order chi connectivity index (χ0) is 12.4. The SMILES string of the molecule is CC1CCC(C)N(Cc2ccc(Br)cc2F)C1. The number of nitrogens with zero attached hydrogens (tertiary/aromatic N) is 1. The summed E-state index contributed by atoms with van der Waals surface area (Å²) in [6.45, 7) is 6.32. The highest BCUT2D eigenvalue weighted by atomic mass is 79.9. The molecule has 0 aromatic heterocycles. The highest BCUT2D eigenvalue weighted by molar-refractivity contribution is 9.10. The lowest BCUT2D eigenvalue weighted by atomic mass is 9.94. The fourth-order valence-corrected chi connectivity index (χ4v) is 2.80. The van der Waals surface area contributed by atoms with Crippen molar-refractivity contribution >= 4 is 15.9 Å². The molecular formula is C14H19BrFN. The second-order valence-corrected chi connectivity index (χ2v) is 6.11. The molecule has 0 spiro atoms. The van der Waals surface area contributed by atoms with E-state index in [2.05, 4.69) is 34.7 Å². The van der Waals surface area contributed by atoms with Crippen molar-refractivity contribution in [1.29, 1.82) is 0 Å². The Labute approximate surface area is 111 Å². The molecule has 0 bridgehead atoms. The summed E-state index contributed by atoms with van der Waals surface area (Å²) in [4.78, 5) is 2.39. The molecule has 1 aliphatic rings. The number of piperidine rings is 1. The first-order valence-electron chi connectivity index (χ1n) is 6.24. The van der Waals surface area contributed by atoms with Crippen LogP contribution in [0.1, 0.15) is 32.3 Å². The molecule has 2 atom stereocenters. The fourth-order valence-electron chi connectivity index (χ4n) is 2.47. The van der Waals surface area contributed by atoms with E-state index in [9.17, 15) is 4.39 Å². The molecule has 1 fully saturated rings. The summed E-state index contributed by atoms with van der Waals surface area (Å²) >= 11 is 3.29. The maximum absolute atomic E-state index is 13.8. The summed E-state index contributed by atoms with van der Waals surface area (Å²) in [6.07, 6.45) is 2.51. The molecule has 2 unspecified atom stereocenters. The van der Waals surface area contributed by atoms with Crippen LogP contribution in [-0.4, -0.2) is 17.5 Å². The zero-order valence-electron chi connectivity index (χ0n) is 10.4. The molecule has 17 heavy (non-hydrogen) atoms. The highest BCUT2D eigenvalue weighted by Gasteiger charge is 2.23. The normalized spacial score (nSPS) is 26.1. The van der Waals surface area contributed by atoms with Crippen molar-refractivity contribution in [2.24, 2.45) is 5.92 Å². The molecule has 2 rings (SSSR count). The second-order valence-electron chi connectivity index (χ2n) is 5.20. The number of rotatable bonds is 2. The van der Waals surface area contributed by atoms with Crippen LogP contribution in [0.15, 0.2) is 22.7 Å². The molecule has 1 aromatic carbocycles. The van der Waals surface area contributed by atoms with Crippen molar-refractivity contribution in [1.82, 2.24) is 4.90 Å². The van der Waals surface area contributed by atoms with Gasteiger partial charge in [-0.1, -0.05) is 28.9 Å². The van der Waals surface area contributed by atoms with E-state index in [0.29, 0.717) is 6.04 Å². The minimum Gasteiger partial charge on any atom is -0.296 e. The van der Waals surface area contributed by atoms with Crippen LogP contribution in [0.25, 0.3) is 0 Å². The standard InChI is InChI=1S/C14H19BrFN/c1-10-3-4-11(2)17(8-10)9-12-5-6-13(15)7-14(12)16/h5-7,10-11H,3-4,8-9H2,1-2H3. The molecule has 0 aliphatic carbocycles. The van der Waals surface area contributed by atoms with Crippen LogP contribution < -0.4 is 0 Å². The van der Waals surface area contributed by atoms with Crippen LogP contribution in [0, 0.1) is 11.7 Å². The van der Waals surface area contributed by atoms with Crippen molar-refractivity contribution in [3.05, 3.63) is 34.1 Å². The Bertz CT molecular complexity index is 394. The van der Waals surface area contributed by atoms with Gasteiger partial charge in [-0.25, -0.2) is 4.39 Å². The maximum Gasteiger partial charge on any atom is 0.128 e. The number of benzene rings is 1. The lowest BCUT2D eigenvalue weighted by molar-refractivity contribution is 0.116. The molecule has 0 amide bonds. The van der Waals surface area contributed by atoms with Gasteiger partial charge in [0.15, 0.2) is 0 Å². The molecule has 1 nitrogen and oxygen atoms in total. The molecule has 1 heterocycles. The summed E-state index contributed by atoms with van der Waals surface area (Å²) in [5.74, 6) is 0.620. The summed E-state index contributed by atoms with van der Waals surface area (Å²) in [5.41, 5.74) is 0.800. The molecular weight excluding hydrogens is 281 g/mol. The number of halogens is 2. The van der Waals surface area contributed by atoms with Gasteiger partial charge in [-0.15, -0.1) is 0 Å². The molecule has 3 heteroatoms. The van der Waals surface area contributed by atoms with Gasteiger partial charge in [0.05, 0.1) is 0 Å². The van der Waals surface area contributed by atoms with Crippen LogP contribution >= 0.6 is 15.9 Å². The van der Waals surface area contributed by atoms with Crippen LogP contribution in [-0.2, 0) is 6.54 Å². The summed E-state index contributed by atoms with van der Waals surface area (Å²) in [7, 11) is 0. The minimum atomic E-state index is -0.107. The summed E-state index contributed by atoms with van der Waals surface area (Å²) in [5, 5.41) is 0. The Hall–Kier alpha value is -0.410. The Morgan fingerprint density at radius 2 is 2.12 bits per heavy atom.